The van der Waals surface area contributed by atoms with Crippen LogP contribution in [-0.2, 0) is 14.3 Å². The Morgan fingerprint density at radius 1 is 1.25 bits per heavy atom. The number of hydrogen-bond donors (Lipinski definition) is 2. The molecule has 1 saturated heterocycles. The van der Waals surface area contributed by atoms with Crippen LogP contribution in [0.1, 0.15) is 45.4 Å². The quantitative estimate of drug-likeness (QED) is 0.807. The monoisotopic (exact) mass is 283 g/mol. The second-order valence-electron chi connectivity index (χ2n) is 6.03. The molecule has 2 fully saturated rings. The highest BCUT2D eigenvalue weighted by Gasteiger charge is 2.42. The number of aliphatic carboxylic acids is 1. The third kappa shape index (κ3) is 3.72. The molecule has 2 aliphatic rings. The minimum atomic E-state index is -0.838. The highest BCUT2D eigenvalue weighted by Crippen LogP contribution is 2.38. The second kappa shape index (κ2) is 7.07. The lowest BCUT2D eigenvalue weighted by atomic mass is 9.95. The number of carboxylic acids is 1. The van der Waals surface area contributed by atoms with Crippen LogP contribution in [0.25, 0.3) is 0 Å². The molecule has 0 aromatic carbocycles. The van der Waals surface area contributed by atoms with Crippen LogP contribution in [0.3, 0.4) is 0 Å². The van der Waals surface area contributed by atoms with Crippen molar-refractivity contribution in [3.05, 3.63) is 0 Å². The van der Waals surface area contributed by atoms with Gasteiger partial charge in [0.2, 0.25) is 5.91 Å². The van der Waals surface area contributed by atoms with Crippen LogP contribution in [0.5, 0.6) is 0 Å². The molecule has 5 heteroatoms. The Labute approximate surface area is 120 Å². The molecule has 1 heterocycles. The normalized spacial score (nSPS) is 33.9. The molecule has 20 heavy (non-hydrogen) atoms. The van der Waals surface area contributed by atoms with Gasteiger partial charge >= 0.3 is 5.97 Å². The van der Waals surface area contributed by atoms with Crippen molar-refractivity contribution in [2.45, 2.75) is 51.6 Å². The van der Waals surface area contributed by atoms with Gasteiger partial charge in [-0.3, -0.25) is 9.59 Å². The molecule has 4 atom stereocenters. The summed E-state index contributed by atoms with van der Waals surface area (Å²) < 4.78 is 5.58. The molecule has 114 valence electrons. The maximum absolute atomic E-state index is 12.2. The van der Waals surface area contributed by atoms with E-state index in [2.05, 4.69) is 12.2 Å². The fourth-order valence-corrected chi connectivity index (χ4v) is 3.35. The average Bonchev–Trinajstić information content (AvgIpc) is 2.90. The fourth-order valence-electron chi connectivity index (χ4n) is 3.35. The molecule has 1 aliphatic heterocycles. The largest absolute Gasteiger partial charge is 0.481 e. The van der Waals surface area contributed by atoms with Crippen LogP contribution < -0.4 is 5.32 Å². The van der Waals surface area contributed by atoms with E-state index < -0.39 is 11.9 Å². The summed E-state index contributed by atoms with van der Waals surface area (Å²) in [6.45, 7) is 3.33. The van der Waals surface area contributed by atoms with Crippen LogP contribution in [0.2, 0.25) is 0 Å². The Morgan fingerprint density at radius 3 is 2.60 bits per heavy atom. The van der Waals surface area contributed by atoms with Crippen molar-refractivity contribution in [2.75, 3.05) is 13.2 Å². The Balaban J connectivity index is 1.85. The van der Waals surface area contributed by atoms with Gasteiger partial charge in [-0.15, -0.1) is 0 Å². The molecule has 4 unspecified atom stereocenters. The van der Waals surface area contributed by atoms with E-state index in [1.54, 1.807) is 0 Å². The van der Waals surface area contributed by atoms with E-state index in [0.29, 0.717) is 25.3 Å². The Bertz CT molecular complexity index is 352. The van der Waals surface area contributed by atoms with Gasteiger partial charge in [-0.2, -0.15) is 0 Å². The fraction of sp³-hybridized carbons (Fsp3) is 0.867. The number of carboxylic acid groups (broad SMARTS) is 1. The highest BCUT2D eigenvalue weighted by atomic mass is 16.5. The Kier molecular flexibility index (Phi) is 5.40. The van der Waals surface area contributed by atoms with Crippen molar-refractivity contribution in [3.8, 4) is 0 Å². The number of nitrogens with one attached hydrogen (secondary N) is 1. The van der Waals surface area contributed by atoms with Crippen LogP contribution in [0, 0.1) is 17.8 Å². The number of ether oxygens (including phenoxy) is 1. The molecular formula is C15H25NO4. The minimum Gasteiger partial charge on any atom is -0.481 e. The number of amides is 1. The topological polar surface area (TPSA) is 75.6 Å². The SMILES string of the molecule is CCC1CC(C(=O)O)C(C(=O)NCC2CCCCO2)C1. The van der Waals surface area contributed by atoms with Crippen molar-refractivity contribution in [1.82, 2.24) is 5.32 Å². The third-order valence-corrected chi connectivity index (χ3v) is 4.67. The maximum atomic E-state index is 12.2. The van der Waals surface area contributed by atoms with Crippen LogP contribution in [0.15, 0.2) is 0 Å². The molecule has 1 aliphatic carbocycles. The molecule has 2 N–H and O–H groups in total. The summed E-state index contributed by atoms with van der Waals surface area (Å²) in [4.78, 5) is 23.5. The minimum absolute atomic E-state index is 0.0966. The summed E-state index contributed by atoms with van der Waals surface area (Å²) in [6, 6.07) is 0. The van der Waals surface area contributed by atoms with E-state index in [1.807, 2.05) is 0 Å². The standard InChI is InChI=1S/C15H25NO4/c1-2-10-7-12(13(8-10)15(18)19)14(17)16-9-11-5-3-4-6-20-11/h10-13H,2-9H2,1H3,(H,16,17)(H,18,19). The number of carbonyl (C=O) groups excluding carboxylic acids is 1. The van der Waals surface area contributed by atoms with E-state index in [4.69, 9.17) is 4.74 Å². The zero-order chi connectivity index (χ0) is 14.5. The zero-order valence-electron chi connectivity index (χ0n) is 12.1. The van der Waals surface area contributed by atoms with E-state index in [9.17, 15) is 14.7 Å². The van der Waals surface area contributed by atoms with Gasteiger partial charge in [0.05, 0.1) is 17.9 Å². The van der Waals surface area contributed by atoms with Gasteiger partial charge in [-0.1, -0.05) is 13.3 Å². The van der Waals surface area contributed by atoms with Gasteiger partial charge in [0, 0.05) is 13.2 Å². The molecule has 5 nitrogen and oxygen atoms in total. The zero-order valence-corrected chi connectivity index (χ0v) is 12.1. The third-order valence-electron chi connectivity index (χ3n) is 4.67. The highest BCUT2D eigenvalue weighted by molar-refractivity contribution is 5.85. The predicted octanol–water partition coefficient (Wildman–Crippen LogP) is 1.81. The number of carbonyl (C=O) groups is 2. The molecule has 0 aromatic rings. The molecule has 0 bridgehead atoms. The average molecular weight is 283 g/mol. The Morgan fingerprint density at radius 2 is 2.00 bits per heavy atom. The van der Waals surface area contributed by atoms with Crippen LogP contribution in [-0.4, -0.2) is 36.2 Å². The first kappa shape index (κ1) is 15.3. The molecular weight excluding hydrogens is 258 g/mol. The van der Waals surface area contributed by atoms with Gasteiger partial charge < -0.3 is 15.2 Å². The van der Waals surface area contributed by atoms with Crippen molar-refractivity contribution in [3.63, 3.8) is 0 Å². The summed E-state index contributed by atoms with van der Waals surface area (Å²) in [5, 5.41) is 12.2. The molecule has 1 saturated carbocycles. The van der Waals surface area contributed by atoms with E-state index >= 15 is 0 Å². The van der Waals surface area contributed by atoms with Crippen LogP contribution >= 0.6 is 0 Å². The first-order valence-electron chi connectivity index (χ1n) is 7.74. The van der Waals surface area contributed by atoms with Gasteiger partial charge in [0.15, 0.2) is 0 Å². The summed E-state index contributed by atoms with van der Waals surface area (Å²) in [6.07, 6.45) is 5.57. The van der Waals surface area contributed by atoms with Crippen LogP contribution in [0.4, 0.5) is 0 Å². The van der Waals surface area contributed by atoms with Gasteiger partial charge in [0.1, 0.15) is 0 Å². The summed E-state index contributed by atoms with van der Waals surface area (Å²) >= 11 is 0. The van der Waals surface area contributed by atoms with Crippen molar-refractivity contribution >= 4 is 11.9 Å². The molecule has 0 aromatic heterocycles. The summed E-state index contributed by atoms with van der Waals surface area (Å²) in [5.74, 6) is -1.48. The lowest BCUT2D eigenvalue weighted by Crippen LogP contribution is -2.40. The van der Waals surface area contributed by atoms with E-state index in [0.717, 1.165) is 32.3 Å². The van der Waals surface area contributed by atoms with Crippen molar-refractivity contribution in [1.29, 1.82) is 0 Å². The Hall–Kier alpha value is -1.10. The first-order chi connectivity index (χ1) is 9.61. The predicted molar refractivity (Wildman–Crippen MR) is 74.2 cm³/mol. The van der Waals surface area contributed by atoms with Crippen molar-refractivity contribution in [2.24, 2.45) is 17.8 Å². The lowest BCUT2D eigenvalue weighted by molar-refractivity contribution is -0.146. The summed E-state index contributed by atoms with van der Waals surface area (Å²) in [5.41, 5.74) is 0. The molecule has 1 amide bonds. The summed E-state index contributed by atoms with van der Waals surface area (Å²) in [7, 11) is 0. The lowest BCUT2D eigenvalue weighted by Gasteiger charge is -2.24. The molecule has 0 spiro atoms. The molecule has 2 rings (SSSR count). The first-order valence-corrected chi connectivity index (χ1v) is 7.74. The number of hydrogen-bond acceptors (Lipinski definition) is 3. The molecule has 0 radical (unpaired) electrons. The maximum Gasteiger partial charge on any atom is 0.307 e. The van der Waals surface area contributed by atoms with E-state index in [1.165, 1.54) is 0 Å². The van der Waals surface area contributed by atoms with Crippen molar-refractivity contribution < 1.29 is 19.4 Å². The second-order valence-corrected chi connectivity index (χ2v) is 6.03. The van der Waals surface area contributed by atoms with Gasteiger partial charge in [-0.25, -0.2) is 0 Å². The number of rotatable bonds is 5. The smallest absolute Gasteiger partial charge is 0.307 e. The van der Waals surface area contributed by atoms with Gasteiger partial charge in [0.25, 0.3) is 0 Å². The van der Waals surface area contributed by atoms with Gasteiger partial charge in [-0.05, 0) is 38.0 Å². The van der Waals surface area contributed by atoms with E-state index in [-0.39, 0.29) is 17.9 Å².